The van der Waals surface area contributed by atoms with Gasteiger partial charge in [-0.15, -0.1) is 6.58 Å². The molecule has 7 nitrogen and oxygen atoms in total. The van der Waals surface area contributed by atoms with Crippen LogP contribution in [0.15, 0.2) is 30.9 Å². The Labute approximate surface area is 184 Å². The van der Waals surface area contributed by atoms with Crippen molar-refractivity contribution < 1.29 is 23.8 Å². The molecule has 0 aliphatic carbocycles. The largest absolute Gasteiger partial charge is 0.493 e. The Morgan fingerprint density at radius 2 is 1.97 bits per heavy atom. The number of methoxy groups -OCH3 is 1. The van der Waals surface area contributed by atoms with Crippen LogP contribution in [0.1, 0.15) is 39.2 Å². The number of allylic oxidation sites excluding steroid dienone is 1. The normalized spacial score (nSPS) is 20.8. The maximum atomic E-state index is 12.8. The summed E-state index contributed by atoms with van der Waals surface area (Å²) in [7, 11) is 1.59. The van der Waals surface area contributed by atoms with E-state index >= 15 is 0 Å². The number of rotatable bonds is 6. The van der Waals surface area contributed by atoms with E-state index in [-0.39, 0.29) is 30.6 Å². The molecule has 170 valence electrons. The number of amides is 2. The molecule has 31 heavy (non-hydrogen) atoms. The average molecular weight is 431 g/mol. The van der Waals surface area contributed by atoms with Crippen LogP contribution >= 0.6 is 0 Å². The molecule has 0 radical (unpaired) electrons. The summed E-state index contributed by atoms with van der Waals surface area (Å²) in [5.41, 5.74) is 0.567. The Morgan fingerprint density at radius 1 is 1.19 bits per heavy atom. The first-order chi connectivity index (χ1) is 14.7. The highest BCUT2D eigenvalue weighted by atomic mass is 16.6. The maximum Gasteiger partial charge on any atom is 0.410 e. The topological polar surface area (TPSA) is 68.3 Å². The van der Waals surface area contributed by atoms with E-state index < -0.39 is 5.60 Å². The van der Waals surface area contributed by atoms with Gasteiger partial charge >= 0.3 is 6.09 Å². The van der Waals surface area contributed by atoms with Crippen LogP contribution in [0.3, 0.4) is 0 Å². The van der Waals surface area contributed by atoms with Crippen molar-refractivity contribution in [2.75, 3.05) is 33.4 Å². The van der Waals surface area contributed by atoms with Gasteiger partial charge in [0.15, 0.2) is 18.1 Å². The fourth-order valence-electron chi connectivity index (χ4n) is 4.31. The fourth-order valence-corrected chi connectivity index (χ4v) is 4.31. The lowest BCUT2D eigenvalue weighted by molar-refractivity contribution is -0.135. The number of piperidine rings is 1. The number of fused-ring (bicyclic) bond motifs is 1. The highest BCUT2D eigenvalue weighted by Gasteiger charge is 2.42. The zero-order valence-corrected chi connectivity index (χ0v) is 19.1. The number of hydrogen-bond acceptors (Lipinski definition) is 5. The molecule has 0 aromatic heterocycles. The van der Waals surface area contributed by atoms with E-state index in [4.69, 9.17) is 14.2 Å². The quantitative estimate of drug-likeness (QED) is 0.645. The second-order valence-electron chi connectivity index (χ2n) is 9.18. The summed E-state index contributed by atoms with van der Waals surface area (Å²) < 4.78 is 16.7. The van der Waals surface area contributed by atoms with Crippen LogP contribution in [0.2, 0.25) is 0 Å². The molecule has 2 aliphatic heterocycles. The van der Waals surface area contributed by atoms with Crippen molar-refractivity contribution in [2.24, 2.45) is 5.92 Å². The Balaban J connectivity index is 1.54. The second-order valence-corrected chi connectivity index (χ2v) is 9.18. The zero-order valence-electron chi connectivity index (χ0n) is 19.1. The number of likely N-dealkylation sites (tertiary alicyclic amines) is 2. The molecule has 2 aliphatic rings. The maximum absolute atomic E-state index is 12.8. The molecule has 2 heterocycles. The Morgan fingerprint density at radius 3 is 2.65 bits per heavy atom. The summed E-state index contributed by atoms with van der Waals surface area (Å²) in [5.74, 6) is 1.38. The molecule has 0 unspecified atom stereocenters. The van der Waals surface area contributed by atoms with Crippen molar-refractivity contribution in [3.8, 4) is 11.5 Å². The number of carbonyl (C=O) groups excluding carboxylic acids is 2. The molecule has 2 saturated heterocycles. The van der Waals surface area contributed by atoms with Crippen LogP contribution in [0.5, 0.6) is 11.5 Å². The summed E-state index contributed by atoms with van der Waals surface area (Å²) in [6.45, 7) is 11.3. The number of nitrogens with zero attached hydrogens (tertiary/aromatic N) is 2. The minimum atomic E-state index is -0.506. The van der Waals surface area contributed by atoms with Gasteiger partial charge in [0, 0.05) is 25.7 Å². The number of ether oxygens (including phenoxy) is 3. The molecule has 2 fully saturated rings. The van der Waals surface area contributed by atoms with Gasteiger partial charge < -0.3 is 24.0 Å². The molecule has 0 spiro atoms. The molecule has 7 heteroatoms. The molecule has 3 rings (SSSR count). The summed E-state index contributed by atoms with van der Waals surface area (Å²) in [6, 6.07) is 5.81. The monoisotopic (exact) mass is 430 g/mol. The fraction of sp³-hybridized carbons (Fsp3) is 0.583. The zero-order chi connectivity index (χ0) is 22.6. The van der Waals surface area contributed by atoms with Gasteiger partial charge in [0.25, 0.3) is 5.91 Å². The number of carbonyl (C=O) groups is 2. The first kappa shape index (κ1) is 23.0. The van der Waals surface area contributed by atoms with Crippen LogP contribution in [0.25, 0.3) is 0 Å². The van der Waals surface area contributed by atoms with Gasteiger partial charge in [-0.05, 0) is 63.6 Å². The molecule has 0 N–H and O–H groups in total. The lowest BCUT2D eigenvalue weighted by atomic mass is 9.93. The molecular formula is C24H34N2O5. The first-order valence-corrected chi connectivity index (χ1v) is 10.9. The lowest BCUT2D eigenvalue weighted by Gasteiger charge is -2.38. The summed E-state index contributed by atoms with van der Waals surface area (Å²) in [6.07, 6.45) is 3.96. The van der Waals surface area contributed by atoms with Crippen molar-refractivity contribution >= 4 is 12.0 Å². The van der Waals surface area contributed by atoms with Gasteiger partial charge in [-0.3, -0.25) is 4.79 Å². The SMILES string of the molecule is C=CCc1ccc(OCC(=O)N2CC[C@@H]3[C@@H](CCN3C(=O)OC(C)(C)C)C2)c(OC)c1. The second kappa shape index (κ2) is 9.62. The first-order valence-electron chi connectivity index (χ1n) is 10.9. The summed E-state index contributed by atoms with van der Waals surface area (Å²) in [4.78, 5) is 29.0. The Kier molecular flexibility index (Phi) is 7.13. The standard InChI is InChI=1S/C24H34N2O5/c1-6-7-17-8-9-20(21(14-17)29-5)30-16-22(27)25-12-11-19-18(15-25)10-13-26(19)23(28)31-24(2,3)4/h6,8-9,14,18-19H,1,7,10-13,15-16H2,2-5H3/t18-,19+/m0/s1. The summed E-state index contributed by atoms with van der Waals surface area (Å²) in [5, 5.41) is 0. The van der Waals surface area contributed by atoms with Gasteiger partial charge in [0.2, 0.25) is 0 Å². The van der Waals surface area contributed by atoms with E-state index in [9.17, 15) is 9.59 Å². The molecule has 1 aromatic carbocycles. The van der Waals surface area contributed by atoms with Crippen LogP contribution < -0.4 is 9.47 Å². The van der Waals surface area contributed by atoms with Crippen LogP contribution in [-0.4, -0.2) is 66.8 Å². The number of hydrogen-bond donors (Lipinski definition) is 0. The Hall–Kier alpha value is -2.70. The van der Waals surface area contributed by atoms with Crippen molar-refractivity contribution in [3.05, 3.63) is 36.4 Å². The minimum absolute atomic E-state index is 0.0374. The third-order valence-electron chi connectivity index (χ3n) is 5.77. The molecule has 2 amide bonds. The van der Waals surface area contributed by atoms with Gasteiger partial charge in [-0.25, -0.2) is 4.79 Å². The van der Waals surface area contributed by atoms with Gasteiger partial charge in [-0.2, -0.15) is 0 Å². The van der Waals surface area contributed by atoms with E-state index in [0.717, 1.165) is 24.8 Å². The smallest absolute Gasteiger partial charge is 0.410 e. The van der Waals surface area contributed by atoms with E-state index in [2.05, 4.69) is 6.58 Å². The Bertz CT molecular complexity index is 817. The predicted molar refractivity (Wildman–Crippen MR) is 118 cm³/mol. The summed E-state index contributed by atoms with van der Waals surface area (Å²) >= 11 is 0. The minimum Gasteiger partial charge on any atom is -0.493 e. The molecular weight excluding hydrogens is 396 g/mol. The van der Waals surface area contributed by atoms with Crippen molar-refractivity contribution in [1.82, 2.24) is 9.80 Å². The average Bonchev–Trinajstić information content (AvgIpc) is 3.15. The van der Waals surface area contributed by atoms with E-state index in [1.54, 1.807) is 7.11 Å². The van der Waals surface area contributed by atoms with Crippen LogP contribution in [-0.2, 0) is 16.0 Å². The van der Waals surface area contributed by atoms with Crippen molar-refractivity contribution in [3.63, 3.8) is 0 Å². The van der Waals surface area contributed by atoms with Gasteiger partial charge in [0.05, 0.1) is 7.11 Å². The molecule has 0 bridgehead atoms. The molecule has 1 aromatic rings. The van der Waals surface area contributed by atoms with Crippen LogP contribution in [0.4, 0.5) is 4.79 Å². The van der Waals surface area contributed by atoms with Gasteiger partial charge in [0.1, 0.15) is 5.60 Å². The van der Waals surface area contributed by atoms with E-state index in [1.165, 1.54) is 0 Å². The number of benzene rings is 1. The van der Waals surface area contributed by atoms with Crippen molar-refractivity contribution in [2.45, 2.75) is 51.7 Å². The third kappa shape index (κ3) is 5.71. The lowest BCUT2D eigenvalue weighted by Crippen LogP contribution is -2.50. The molecule has 0 saturated carbocycles. The van der Waals surface area contributed by atoms with E-state index in [0.29, 0.717) is 31.1 Å². The highest BCUT2D eigenvalue weighted by Crippen LogP contribution is 2.33. The third-order valence-corrected chi connectivity index (χ3v) is 5.77. The highest BCUT2D eigenvalue weighted by molar-refractivity contribution is 5.78. The van der Waals surface area contributed by atoms with Gasteiger partial charge in [-0.1, -0.05) is 12.1 Å². The van der Waals surface area contributed by atoms with E-state index in [1.807, 2.05) is 54.8 Å². The van der Waals surface area contributed by atoms with Crippen LogP contribution in [0, 0.1) is 5.92 Å². The van der Waals surface area contributed by atoms with Crippen molar-refractivity contribution in [1.29, 1.82) is 0 Å². The predicted octanol–water partition coefficient (Wildman–Crippen LogP) is 3.66. The molecule has 2 atom stereocenters.